The molecule has 0 unspecified atom stereocenters. The van der Waals surface area contributed by atoms with E-state index in [1.165, 1.54) is 4.31 Å². The van der Waals surface area contributed by atoms with E-state index in [2.05, 4.69) is 0 Å². The second-order valence-electron chi connectivity index (χ2n) is 3.97. The highest BCUT2D eigenvalue weighted by Crippen LogP contribution is 2.15. The summed E-state index contributed by atoms with van der Waals surface area (Å²) in [5.41, 5.74) is 6.87. The van der Waals surface area contributed by atoms with Crippen LogP contribution < -0.4 is 5.73 Å². The largest absolute Gasteiger partial charge is 0.398 e. The second-order valence-corrected chi connectivity index (χ2v) is 6.05. The molecule has 0 heterocycles. The van der Waals surface area contributed by atoms with Crippen molar-refractivity contribution in [2.45, 2.75) is 12.7 Å². The molecule has 0 spiro atoms. The highest BCUT2D eigenvalue weighted by Gasteiger charge is 2.19. The van der Waals surface area contributed by atoms with Gasteiger partial charge in [-0.3, -0.25) is 0 Å². The van der Waals surface area contributed by atoms with Crippen molar-refractivity contribution >= 4 is 15.7 Å². The number of para-hydroxylation sites is 1. The smallest absolute Gasteiger partial charge is 0.218 e. The summed E-state index contributed by atoms with van der Waals surface area (Å²) >= 11 is 0. The van der Waals surface area contributed by atoms with E-state index in [9.17, 15) is 8.42 Å². The molecule has 0 amide bonds. The molecule has 1 aromatic rings. The molecular formula is C12H20N2O3S. The summed E-state index contributed by atoms with van der Waals surface area (Å²) in [6, 6.07) is 6.99. The van der Waals surface area contributed by atoms with Gasteiger partial charge in [0.1, 0.15) is 0 Å². The zero-order valence-corrected chi connectivity index (χ0v) is 11.6. The Kier molecular flexibility index (Phi) is 5.58. The number of ether oxygens (including phenoxy) is 1. The quantitative estimate of drug-likeness (QED) is 0.595. The first kappa shape index (κ1) is 14.9. The molecule has 0 atom stereocenters. The lowest BCUT2D eigenvalue weighted by atomic mass is 10.2. The SMILES string of the molecule is CCOCCN(C)S(=O)(=O)Cc1ccccc1N. The Bertz CT molecular complexity index is 474. The average molecular weight is 272 g/mol. The molecule has 0 bridgehead atoms. The van der Waals surface area contributed by atoms with E-state index in [0.29, 0.717) is 31.0 Å². The molecular weight excluding hydrogens is 252 g/mol. The summed E-state index contributed by atoms with van der Waals surface area (Å²) in [5.74, 6) is -0.0811. The van der Waals surface area contributed by atoms with Gasteiger partial charge in [-0.2, -0.15) is 0 Å². The van der Waals surface area contributed by atoms with Gasteiger partial charge in [0.15, 0.2) is 0 Å². The first-order chi connectivity index (χ1) is 8.47. The van der Waals surface area contributed by atoms with Gasteiger partial charge in [-0.25, -0.2) is 12.7 Å². The van der Waals surface area contributed by atoms with Gasteiger partial charge in [0.25, 0.3) is 0 Å². The third-order valence-electron chi connectivity index (χ3n) is 2.62. The third-order valence-corrected chi connectivity index (χ3v) is 4.43. The van der Waals surface area contributed by atoms with Crippen molar-refractivity contribution in [2.75, 3.05) is 32.5 Å². The molecule has 18 heavy (non-hydrogen) atoms. The number of likely N-dealkylation sites (N-methyl/N-ethyl adjacent to an activating group) is 1. The Labute approximate surface area is 109 Å². The van der Waals surface area contributed by atoms with Gasteiger partial charge >= 0.3 is 0 Å². The third kappa shape index (κ3) is 4.29. The summed E-state index contributed by atoms with van der Waals surface area (Å²) in [5, 5.41) is 0. The zero-order valence-electron chi connectivity index (χ0n) is 10.8. The number of nitrogens with zero attached hydrogens (tertiary/aromatic N) is 1. The number of anilines is 1. The van der Waals surface area contributed by atoms with Gasteiger partial charge in [-0.05, 0) is 18.6 Å². The summed E-state index contributed by atoms with van der Waals surface area (Å²) in [6.07, 6.45) is 0. The molecule has 5 nitrogen and oxygen atoms in total. The van der Waals surface area contributed by atoms with E-state index >= 15 is 0 Å². The minimum Gasteiger partial charge on any atom is -0.398 e. The molecule has 0 aromatic heterocycles. The first-order valence-electron chi connectivity index (χ1n) is 5.82. The van der Waals surface area contributed by atoms with Crippen LogP contribution in [0.3, 0.4) is 0 Å². The van der Waals surface area contributed by atoms with Gasteiger partial charge in [0, 0.05) is 25.9 Å². The summed E-state index contributed by atoms with van der Waals surface area (Å²) in [7, 11) is -1.79. The van der Waals surface area contributed by atoms with Crippen molar-refractivity contribution in [2.24, 2.45) is 0 Å². The maximum absolute atomic E-state index is 12.1. The highest BCUT2D eigenvalue weighted by atomic mass is 32.2. The molecule has 0 radical (unpaired) electrons. The lowest BCUT2D eigenvalue weighted by Gasteiger charge is -2.17. The zero-order chi connectivity index (χ0) is 13.6. The Hall–Kier alpha value is -1.11. The monoisotopic (exact) mass is 272 g/mol. The van der Waals surface area contributed by atoms with Crippen LogP contribution in [0.15, 0.2) is 24.3 Å². The minimum absolute atomic E-state index is 0.0811. The Balaban J connectivity index is 2.67. The van der Waals surface area contributed by atoms with E-state index in [4.69, 9.17) is 10.5 Å². The molecule has 6 heteroatoms. The van der Waals surface area contributed by atoms with Crippen LogP contribution in [-0.4, -0.2) is 39.5 Å². The van der Waals surface area contributed by atoms with Crippen LogP contribution in [0.4, 0.5) is 5.69 Å². The molecule has 102 valence electrons. The Morgan fingerprint density at radius 1 is 1.33 bits per heavy atom. The fourth-order valence-corrected chi connectivity index (χ4v) is 2.68. The molecule has 0 saturated carbocycles. The normalized spacial score (nSPS) is 11.9. The molecule has 1 aromatic carbocycles. The number of rotatable bonds is 7. The van der Waals surface area contributed by atoms with E-state index in [-0.39, 0.29) is 5.75 Å². The lowest BCUT2D eigenvalue weighted by molar-refractivity contribution is 0.138. The number of sulfonamides is 1. The first-order valence-corrected chi connectivity index (χ1v) is 7.43. The number of benzene rings is 1. The average Bonchev–Trinajstić information content (AvgIpc) is 2.32. The molecule has 1 rings (SSSR count). The van der Waals surface area contributed by atoms with Gasteiger partial charge in [0.05, 0.1) is 12.4 Å². The number of hydrogen-bond acceptors (Lipinski definition) is 4. The van der Waals surface area contributed by atoms with E-state index in [1.807, 2.05) is 6.92 Å². The van der Waals surface area contributed by atoms with Crippen LogP contribution >= 0.6 is 0 Å². The highest BCUT2D eigenvalue weighted by molar-refractivity contribution is 7.88. The molecule has 0 saturated heterocycles. The van der Waals surface area contributed by atoms with Crippen molar-refractivity contribution in [3.63, 3.8) is 0 Å². The predicted molar refractivity (Wildman–Crippen MR) is 72.6 cm³/mol. The maximum Gasteiger partial charge on any atom is 0.218 e. The Morgan fingerprint density at radius 3 is 2.61 bits per heavy atom. The fourth-order valence-electron chi connectivity index (χ4n) is 1.45. The van der Waals surface area contributed by atoms with Gasteiger partial charge in [0.2, 0.25) is 10.0 Å². The summed E-state index contributed by atoms with van der Waals surface area (Å²) < 4.78 is 30.6. The molecule has 0 aliphatic heterocycles. The van der Waals surface area contributed by atoms with Crippen molar-refractivity contribution in [1.29, 1.82) is 0 Å². The van der Waals surface area contributed by atoms with Crippen LogP contribution in [0.1, 0.15) is 12.5 Å². The van der Waals surface area contributed by atoms with E-state index in [0.717, 1.165) is 0 Å². The maximum atomic E-state index is 12.1. The number of hydrogen-bond donors (Lipinski definition) is 1. The minimum atomic E-state index is -3.34. The van der Waals surface area contributed by atoms with Crippen LogP contribution in [0.2, 0.25) is 0 Å². The van der Waals surface area contributed by atoms with E-state index in [1.54, 1.807) is 31.3 Å². The van der Waals surface area contributed by atoms with Gasteiger partial charge in [-0.15, -0.1) is 0 Å². The fraction of sp³-hybridized carbons (Fsp3) is 0.500. The van der Waals surface area contributed by atoms with Gasteiger partial charge < -0.3 is 10.5 Å². The summed E-state index contributed by atoms with van der Waals surface area (Å²) in [4.78, 5) is 0. The topological polar surface area (TPSA) is 72.6 Å². The van der Waals surface area contributed by atoms with E-state index < -0.39 is 10.0 Å². The molecule has 0 aliphatic rings. The van der Waals surface area contributed by atoms with Crippen molar-refractivity contribution < 1.29 is 13.2 Å². The van der Waals surface area contributed by atoms with Gasteiger partial charge in [-0.1, -0.05) is 18.2 Å². The van der Waals surface area contributed by atoms with Crippen LogP contribution in [0, 0.1) is 0 Å². The van der Waals surface area contributed by atoms with Crippen molar-refractivity contribution in [3.05, 3.63) is 29.8 Å². The molecule has 0 fully saturated rings. The standard InChI is InChI=1S/C12H20N2O3S/c1-3-17-9-8-14(2)18(15,16)10-11-6-4-5-7-12(11)13/h4-7H,3,8-10,13H2,1-2H3. The van der Waals surface area contributed by atoms with Crippen LogP contribution in [0.5, 0.6) is 0 Å². The van der Waals surface area contributed by atoms with Crippen molar-refractivity contribution in [1.82, 2.24) is 4.31 Å². The predicted octanol–water partition coefficient (Wildman–Crippen LogP) is 1.07. The van der Waals surface area contributed by atoms with Crippen LogP contribution in [0.25, 0.3) is 0 Å². The second kappa shape index (κ2) is 6.72. The summed E-state index contributed by atoms with van der Waals surface area (Å²) in [6.45, 7) is 3.21. The number of nitrogens with two attached hydrogens (primary N) is 1. The van der Waals surface area contributed by atoms with Crippen molar-refractivity contribution in [3.8, 4) is 0 Å². The Morgan fingerprint density at radius 2 is 2.00 bits per heavy atom. The molecule has 0 aliphatic carbocycles. The lowest BCUT2D eigenvalue weighted by Crippen LogP contribution is -2.31. The van der Waals surface area contributed by atoms with Crippen LogP contribution in [-0.2, 0) is 20.5 Å². The number of nitrogen functional groups attached to an aromatic ring is 1. The molecule has 2 N–H and O–H groups in total.